The molecule has 1 heterocycles. The number of carbonyl (C=O) groups excluding carboxylic acids is 1. The fraction of sp³-hybridized carbons (Fsp3) is 0.389. The molecule has 0 atom stereocenters. The van der Waals surface area contributed by atoms with Gasteiger partial charge >= 0.3 is 6.18 Å². The Labute approximate surface area is 165 Å². The smallest absolute Gasteiger partial charge is 0.356 e. The molecule has 10 heteroatoms. The van der Waals surface area contributed by atoms with E-state index < -0.39 is 17.6 Å². The number of nitrogens with zero attached hydrogens (tertiary/aromatic N) is 2. The summed E-state index contributed by atoms with van der Waals surface area (Å²) in [7, 11) is 1.64. The SMILES string of the molecule is CN=C(NCCNC(=O)c1ccc(C(F)(F)F)cc1)NCCc1csc(C)n1. The molecule has 152 valence electrons. The summed E-state index contributed by atoms with van der Waals surface area (Å²) >= 11 is 1.61. The van der Waals surface area contributed by atoms with Crippen molar-refractivity contribution in [2.75, 3.05) is 26.7 Å². The number of amides is 1. The number of aliphatic imine (C=N–C) groups is 1. The van der Waals surface area contributed by atoms with Crippen LogP contribution < -0.4 is 16.0 Å². The second kappa shape index (κ2) is 10.1. The number of halogens is 3. The molecule has 0 fully saturated rings. The van der Waals surface area contributed by atoms with Gasteiger partial charge in [0.2, 0.25) is 0 Å². The molecule has 1 aromatic heterocycles. The lowest BCUT2D eigenvalue weighted by atomic mass is 10.1. The van der Waals surface area contributed by atoms with E-state index in [4.69, 9.17) is 0 Å². The van der Waals surface area contributed by atoms with Crippen LogP contribution in [-0.2, 0) is 12.6 Å². The van der Waals surface area contributed by atoms with Crippen molar-refractivity contribution >= 4 is 23.2 Å². The van der Waals surface area contributed by atoms with E-state index in [1.165, 1.54) is 0 Å². The second-order valence-corrected chi connectivity index (χ2v) is 6.93. The summed E-state index contributed by atoms with van der Waals surface area (Å²) in [5.74, 6) is 0.160. The molecular weight excluding hydrogens is 391 g/mol. The van der Waals surface area contributed by atoms with Crippen LogP contribution in [0.4, 0.5) is 13.2 Å². The van der Waals surface area contributed by atoms with Crippen LogP contribution in [0, 0.1) is 6.92 Å². The van der Waals surface area contributed by atoms with Crippen LogP contribution in [0.1, 0.15) is 26.6 Å². The molecule has 0 unspecified atom stereocenters. The van der Waals surface area contributed by atoms with E-state index in [2.05, 4.69) is 25.9 Å². The highest BCUT2D eigenvalue weighted by molar-refractivity contribution is 7.09. The van der Waals surface area contributed by atoms with Crippen molar-refractivity contribution in [3.8, 4) is 0 Å². The number of thiazole rings is 1. The number of nitrogens with one attached hydrogen (secondary N) is 3. The van der Waals surface area contributed by atoms with Gasteiger partial charge in [0.25, 0.3) is 5.91 Å². The Morgan fingerprint density at radius 2 is 1.75 bits per heavy atom. The molecule has 0 aliphatic rings. The predicted octanol–water partition coefficient (Wildman–Crippen LogP) is 2.61. The topological polar surface area (TPSA) is 78.4 Å². The average molecular weight is 413 g/mol. The van der Waals surface area contributed by atoms with Crippen LogP contribution >= 0.6 is 11.3 Å². The van der Waals surface area contributed by atoms with Crippen LogP contribution in [0.2, 0.25) is 0 Å². The number of aromatic nitrogens is 1. The highest BCUT2D eigenvalue weighted by Gasteiger charge is 2.30. The molecule has 0 saturated heterocycles. The number of aryl methyl sites for hydroxylation is 1. The summed E-state index contributed by atoms with van der Waals surface area (Å²) in [5.41, 5.74) is 0.414. The molecule has 28 heavy (non-hydrogen) atoms. The maximum atomic E-state index is 12.5. The fourth-order valence-corrected chi connectivity index (χ4v) is 2.97. The van der Waals surface area contributed by atoms with Crippen LogP contribution in [0.3, 0.4) is 0 Å². The number of rotatable bonds is 7. The van der Waals surface area contributed by atoms with Crippen LogP contribution in [0.15, 0.2) is 34.6 Å². The lowest BCUT2D eigenvalue weighted by molar-refractivity contribution is -0.137. The molecule has 0 spiro atoms. The van der Waals surface area contributed by atoms with Gasteiger partial charge in [-0.3, -0.25) is 9.79 Å². The summed E-state index contributed by atoms with van der Waals surface area (Å²) in [4.78, 5) is 20.5. The van der Waals surface area contributed by atoms with Crippen LogP contribution in [0.25, 0.3) is 0 Å². The van der Waals surface area contributed by atoms with Crippen LogP contribution in [-0.4, -0.2) is 43.5 Å². The van der Waals surface area contributed by atoms with Crippen molar-refractivity contribution in [2.45, 2.75) is 19.5 Å². The zero-order chi connectivity index (χ0) is 20.6. The molecule has 1 aromatic carbocycles. The first kappa shape index (κ1) is 21.7. The van der Waals surface area contributed by atoms with Gasteiger partial charge in [-0.05, 0) is 31.2 Å². The molecule has 3 N–H and O–H groups in total. The quantitative estimate of drug-likeness (QED) is 0.370. The lowest BCUT2D eigenvalue weighted by Crippen LogP contribution is -2.42. The normalized spacial score (nSPS) is 12.0. The molecule has 0 saturated carbocycles. The molecule has 0 aliphatic heterocycles. The number of benzene rings is 1. The Morgan fingerprint density at radius 3 is 2.32 bits per heavy atom. The molecule has 1 amide bonds. The largest absolute Gasteiger partial charge is 0.416 e. The first-order chi connectivity index (χ1) is 13.3. The van der Waals surface area contributed by atoms with E-state index in [-0.39, 0.29) is 5.56 Å². The summed E-state index contributed by atoms with van der Waals surface area (Å²) in [6.07, 6.45) is -3.64. The Bertz CT molecular complexity index is 802. The minimum Gasteiger partial charge on any atom is -0.356 e. The Balaban J connectivity index is 1.68. The third-order valence-electron chi connectivity index (χ3n) is 3.74. The Kier molecular flexibility index (Phi) is 7.80. The molecular formula is C18H22F3N5OS. The summed E-state index contributed by atoms with van der Waals surface area (Å²) in [5, 5.41) is 11.9. The zero-order valence-corrected chi connectivity index (χ0v) is 16.4. The number of guanidine groups is 1. The molecule has 0 aliphatic carbocycles. The minimum atomic E-state index is -4.42. The maximum absolute atomic E-state index is 12.5. The average Bonchev–Trinajstić information content (AvgIpc) is 3.08. The van der Waals surface area contributed by atoms with E-state index >= 15 is 0 Å². The highest BCUT2D eigenvalue weighted by Crippen LogP contribution is 2.29. The number of hydrogen-bond donors (Lipinski definition) is 3. The second-order valence-electron chi connectivity index (χ2n) is 5.86. The third-order valence-corrected chi connectivity index (χ3v) is 4.56. The van der Waals surface area contributed by atoms with E-state index in [0.717, 1.165) is 41.4 Å². The summed E-state index contributed by atoms with van der Waals surface area (Å²) in [6, 6.07) is 4.10. The van der Waals surface area contributed by atoms with Crippen molar-refractivity contribution in [2.24, 2.45) is 4.99 Å². The van der Waals surface area contributed by atoms with E-state index in [1.54, 1.807) is 18.4 Å². The number of carbonyl (C=O) groups is 1. The first-order valence-electron chi connectivity index (χ1n) is 8.60. The van der Waals surface area contributed by atoms with Gasteiger partial charge in [0.05, 0.1) is 16.3 Å². The standard InChI is InChI=1S/C18H22F3N5OS/c1-12-26-15(11-28-12)7-8-24-17(22-2)25-10-9-23-16(27)13-3-5-14(6-4-13)18(19,20)21/h3-6,11H,7-10H2,1-2H3,(H,23,27)(H2,22,24,25). The molecule has 6 nitrogen and oxygen atoms in total. The third kappa shape index (κ3) is 6.84. The van der Waals surface area contributed by atoms with Crippen LogP contribution in [0.5, 0.6) is 0 Å². The molecule has 0 radical (unpaired) electrons. The summed E-state index contributed by atoms with van der Waals surface area (Å²) in [6.45, 7) is 3.34. The van der Waals surface area contributed by atoms with E-state index in [9.17, 15) is 18.0 Å². The van der Waals surface area contributed by atoms with E-state index in [1.807, 2.05) is 12.3 Å². The van der Waals surface area contributed by atoms with Crippen molar-refractivity contribution in [3.05, 3.63) is 51.5 Å². The van der Waals surface area contributed by atoms with Gasteiger partial charge in [0.1, 0.15) is 0 Å². The molecule has 0 bridgehead atoms. The van der Waals surface area contributed by atoms with Gasteiger partial charge in [0, 0.05) is 44.0 Å². The summed E-state index contributed by atoms with van der Waals surface area (Å²) < 4.78 is 37.6. The minimum absolute atomic E-state index is 0.175. The van der Waals surface area contributed by atoms with Gasteiger partial charge in [-0.2, -0.15) is 13.2 Å². The monoisotopic (exact) mass is 413 g/mol. The van der Waals surface area contributed by atoms with Crippen molar-refractivity contribution in [1.29, 1.82) is 0 Å². The molecule has 2 rings (SSSR count). The maximum Gasteiger partial charge on any atom is 0.416 e. The van der Waals surface area contributed by atoms with Crippen molar-refractivity contribution in [3.63, 3.8) is 0 Å². The number of hydrogen-bond acceptors (Lipinski definition) is 4. The van der Waals surface area contributed by atoms with Gasteiger partial charge in [-0.25, -0.2) is 4.98 Å². The fourth-order valence-electron chi connectivity index (χ4n) is 2.32. The Hall–Kier alpha value is -2.62. The highest BCUT2D eigenvalue weighted by atomic mass is 32.1. The van der Waals surface area contributed by atoms with Gasteiger partial charge in [-0.1, -0.05) is 0 Å². The predicted molar refractivity (Wildman–Crippen MR) is 104 cm³/mol. The van der Waals surface area contributed by atoms with Gasteiger partial charge in [0.15, 0.2) is 5.96 Å². The van der Waals surface area contributed by atoms with Gasteiger partial charge in [-0.15, -0.1) is 11.3 Å². The Morgan fingerprint density at radius 1 is 1.11 bits per heavy atom. The van der Waals surface area contributed by atoms with Gasteiger partial charge < -0.3 is 16.0 Å². The van der Waals surface area contributed by atoms with Crippen molar-refractivity contribution < 1.29 is 18.0 Å². The van der Waals surface area contributed by atoms with Crippen molar-refractivity contribution in [1.82, 2.24) is 20.9 Å². The number of alkyl halides is 3. The molecule has 2 aromatic rings. The lowest BCUT2D eigenvalue weighted by Gasteiger charge is -2.12. The zero-order valence-electron chi connectivity index (χ0n) is 15.6. The first-order valence-corrected chi connectivity index (χ1v) is 9.48. The van der Waals surface area contributed by atoms with E-state index in [0.29, 0.717) is 25.6 Å².